The number of thiazole rings is 1. The van der Waals surface area contributed by atoms with Gasteiger partial charge in [0, 0.05) is 24.6 Å². The predicted octanol–water partition coefficient (Wildman–Crippen LogP) is 2.74. The van der Waals surface area contributed by atoms with E-state index in [2.05, 4.69) is 36.5 Å². The maximum Gasteiger partial charge on any atom is 0.0897 e. The Labute approximate surface area is 108 Å². The lowest BCUT2D eigenvalue weighted by molar-refractivity contribution is -0.0246. The molecule has 1 fully saturated rings. The van der Waals surface area contributed by atoms with Crippen molar-refractivity contribution in [1.29, 1.82) is 0 Å². The number of ether oxygens (including phenoxy) is 1. The molecule has 0 aliphatic carbocycles. The van der Waals surface area contributed by atoms with Crippen LogP contribution < -0.4 is 5.32 Å². The molecule has 1 aliphatic rings. The Morgan fingerprint density at radius 2 is 2.41 bits per heavy atom. The third kappa shape index (κ3) is 3.76. The van der Waals surface area contributed by atoms with Crippen molar-refractivity contribution < 1.29 is 4.74 Å². The molecule has 2 unspecified atom stereocenters. The first-order valence-electron chi connectivity index (χ1n) is 6.41. The van der Waals surface area contributed by atoms with E-state index >= 15 is 0 Å². The van der Waals surface area contributed by atoms with Crippen molar-refractivity contribution in [3.8, 4) is 0 Å². The van der Waals surface area contributed by atoms with Crippen LogP contribution in [-0.4, -0.2) is 23.7 Å². The lowest BCUT2D eigenvalue weighted by atomic mass is 9.95. The summed E-state index contributed by atoms with van der Waals surface area (Å²) in [4.78, 5) is 4.47. The number of aromatic nitrogens is 1. The molecule has 1 N–H and O–H groups in total. The van der Waals surface area contributed by atoms with Crippen molar-refractivity contribution in [2.75, 3.05) is 6.61 Å². The van der Waals surface area contributed by atoms with E-state index in [1.165, 1.54) is 5.69 Å². The first-order chi connectivity index (χ1) is 8.15. The van der Waals surface area contributed by atoms with E-state index in [9.17, 15) is 0 Å². The Morgan fingerprint density at radius 3 is 3.06 bits per heavy atom. The standard InChI is InChI=1S/C13H22N2OS/c1-9(2)13-6-11(4-5-16-13)14-7-12-8-17-10(3)15-12/h8-9,11,13-14H,4-7H2,1-3H3. The molecule has 3 nitrogen and oxygen atoms in total. The van der Waals surface area contributed by atoms with Gasteiger partial charge >= 0.3 is 0 Å². The summed E-state index contributed by atoms with van der Waals surface area (Å²) in [7, 11) is 0. The molecule has 0 radical (unpaired) electrons. The van der Waals surface area contributed by atoms with E-state index in [1.807, 2.05) is 0 Å². The smallest absolute Gasteiger partial charge is 0.0897 e. The topological polar surface area (TPSA) is 34.2 Å². The highest BCUT2D eigenvalue weighted by atomic mass is 32.1. The molecule has 2 rings (SSSR count). The van der Waals surface area contributed by atoms with Crippen molar-refractivity contribution in [1.82, 2.24) is 10.3 Å². The first-order valence-corrected chi connectivity index (χ1v) is 7.29. The molecule has 0 amide bonds. The van der Waals surface area contributed by atoms with Crippen LogP contribution >= 0.6 is 11.3 Å². The molecule has 1 saturated heterocycles. The van der Waals surface area contributed by atoms with Crippen LogP contribution in [0.1, 0.15) is 37.4 Å². The molecule has 17 heavy (non-hydrogen) atoms. The number of hydrogen-bond acceptors (Lipinski definition) is 4. The number of nitrogens with zero attached hydrogens (tertiary/aromatic N) is 1. The van der Waals surface area contributed by atoms with Gasteiger partial charge in [0.1, 0.15) is 0 Å². The van der Waals surface area contributed by atoms with E-state index in [4.69, 9.17) is 4.74 Å². The first kappa shape index (κ1) is 13.0. The van der Waals surface area contributed by atoms with Crippen molar-refractivity contribution in [3.05, 3.63) is 16.1 Å². The summed E-state index contributed by atoms with van der Waals surface area (Å²) in [6.07, 6.45) is 2.66. The predicted molar refractivity (Wildman–Crippen MR) is 71.3 cm³/mol. The Bertz CT molecular complexity index is 351. The number of hydrogen-bond donors (Lipinski definition) is 1. The van der Waals surface area contributed by atoms with Crippen LogP contribution in [-0.2, 0) is 11.3 Å². The second-order valence-corrected chi connectivity index (χ2v) is 6.18. The second-order valence-electron chi connectivity index (χ2n) is 5.11. The van der Waals surface area contributed by atoms with E-state index < -0.39 is 0 Å². The third-order valence-corrected chi connectivity index (χ3v) is 4.12. The molecule has 0 spiro atoms. The Kier molecular flexibility index (Phi) is 4.54. The van der Waals surface area contributed by atoms with Gasteiger partial charge in [-0.1, -0.05) is 13.8 Å². The van der Waals surface area contributed by atoms with Crippen molar-refractivity contribution >= 4 is 11.3 Å². The molecular formula is C13H22N2OS. The van der Waals surface area contributed by atoms with Gasteiger partial charge in [-0.05, 0) is 25.7 Å². The largest absolute Gasteiger partial charge is 0.378 e. The van der Waals surface area contributed by atoms with Crippen LogP contribution in [0.5, 0.6) is 0 Å². The average molecular weight is 254 g/mol. The van der Waals surface area contributed by atoms with E-state index in [-0.39, 0.29) is 0 Å². The van der Waals surface area contributed by atoms with Crippen LogP contribution in [0.15, 0.2) is 5.38 Å². The van der Waals surface area contributed by atoms with Gasteiger partial charge in [-0.3, -0.25) is 0 Å². The minimum atomic E-state index is 0.415. The van der Waals surface area contributed by atoms with Gasteiger partial charge < -0.3 is 10.1 Å². The van der Waals surface area contributed by atoms with Gasteiger partial charge in [0.15, 0.2) is 0 Å². The molecule has 4 heteroatoms. The van der Waals surface area contributed by atoms with Gasteiger partial charge in [0.25, 0.3) is 0 Å². The van der Waals surface area contributed by atoms with Gasteiger partial charge in [-0.25, -0.2) is 4.98 Å². The fourth-order valence-corrected chi connectivity index (χ4v) is 2.83. The Balaban J connectivity index is 1.79. The molecule has 0 bridgehead atoms. The molecule has 1 aliphatic heterocycles. The summed E-state index contributed by atoms with van der Waals surface area (Å²) < 4.78 is 5.77. The maximum atomic E-state index is 5.77. The summed E-state index contributed by atoms with van der Waals surface area (Å²) in [6.45, 7) is 8.29. The summed E-state index contributed by atoms with van der Waals surface area (Å²) >= 11 is 1.72. The van der Waals surface area contributed by atoms with Crippen molar-refractivity contribution in [2.24, 2.45) is 5.92 Å². The maximum absolute atomic E-state index is 5.77. The molecular weight excluding hydrogens is 232 g/mol. The Hall–Kier alpha value is -0.450. The summed E-state index contributed by atoms with van der Waals surface area (Å²) in [5, 5.41) is 6.89. The molecule has 2 atom stereocenters. The second kappa shape index (κ2) is 5.94. The molecule has 1 aromatic rings. The SMILES string of the molecule is Cc1nc(CNC2CCOC(C(C)C)C2)cs1. The quantitative estimate of drug-likeness (QED) is 0.897. The molecule has 96 valence electrons. The summed E-state index contributed by atoms with van der Waals surface area (Å²) in [6, 6.07) is 0.582. The normalized spacial score (nSPS) is 25.4. The monoisotopic (exact) mass is 254 g/mol. The zero-order chi connectivity index (χ0) is 12.3. The molecule has 0 saturated carbocycles. The van der Waals surface area contributed by atoms with Gasteiger partial charge in [0.2, 0.25) is 0 Å². The molecule has 0 aromatic carbocycles. The lowest BCUT2D eigenvalue weighted by Gasteiger charge is -2.32. The summed E-state index contributed by atoms with van der Waals surface area (Å²) in [5.74, 6) is 0.612. The molecule has 1 aromatic heterocycles. The van der Waals surface area contributed by atoms with Crippen LogP contribution in [0.4, 0.5) is 0 Å². The highest BCUT2D eigenvalue weighted by Gasteiger charge is 2.24. The van der Waals surface area contributed by atoms with Crippen molar-refractivity contribution in [3.63, 3.8) is 0 Å². The fourth-order valence-electron chi connectivity index (χ4n) is 2.22. The summed E-state index contributed by atoms with van der Waals surface area (Å²) in [5.41, 5.74) is 1.17. The van der Waals surface area contributed by atoms with Gasteiger partial charge in [0.05, 0.1) is 16.8 Å². The number of nitrogens with one attached hydrogen (secondary N) is 1. The Morgan fingerprint density at radius 1 is 1.59 bits per heavy atom. The van der Waals surface area contributed by atoms with E-state index in [0.717, 1.165) is 31.0 Å². The van der Waals surface area contributed by atoms with E-state index in [0.29, 0.717) is 18.1 Å². The van der Waals surface area contributed by atoms with Gasteiger partial charge in [-0.2, -0.15) is 0 Å². The zero-order valence-corrected chi connectivity index (χ0v) is 11.7. The lowest BCUT2D eigenvalue weighted by Crippen LogP contribution is -2.40. The van der Waals surface area contributed by atoms with Gasteiger partial charge in [-0.15, -0.1) is 11.3 Å². The minimum Gasteiger partial charge on any atom is -0.378 e. The minimum absolute atomic E-state index is 0.415. The fraction of sp³-hybridized carbons (Fsp3) is 0.769. The van der Waals surface area contributed by atoms with Crippen LogP contribution in [0.3, 0.4) is 0 Å². The highest BCUT2D eigenvalue weighted by Crippen LogP contribution is 2.20. The number of rotatable bonds is 4. The highest BCUT2D eigenvalue weighted by molar-refractivity contribution is 7.09. The van der Waals surface area contributed by atoms with E-state index in [1.54, 1.807) is 11.3 Å². The van der Waals surface area contributed by atoms with Crippen LogP contribution in [0, 0.1) is 12.8 Å². The van der Waals surface area contributed by atoms with Crippen LogP contribution in [0.2, 0.25) is 0 Å². The number of aryl methyl sites for hydroxylation is 1. The average Bonchev–Trinajstić information content (AvgIpc) is 2.73. The molecule has 2 heterocycles. The van der Waals surface area contributed by atoms with Crippen LogP contribution in [0.25, 0.3) is 0 Å². The third-order valence-electron chi connectivity index (χ3n) is 3.30. The van der Waals surface area contributed by atoms with Crippen molar-refractivity contribution in [2.45, 2.75) is 52.3 Å². The zero-order valence-electron chi connectivity index (χ0n) is 10.9.